The number of halogens is 1. The molecule has 20 heavy (non-hydrogen) atoms. The molecule has 0 fully saturated rings. The van der Waals surface area contributed by atoms with Gasteiger partial charge in [0, 0.05) is 5.56 Å². The van der Waals surface area contributed by atoms with Crippen molar-refractivity contribution in [2.24, 2.45) is 0 Å². The highest BCUT2D eigenvalue weighted by atomic mass is 35.5. The van der Waals surface area contributed by atoms with Gasteiger partial charge in [0.05, 0.1) is 23.4 Å². The van der Waals surface area contributed by atoms with Crippen LogP contribution in [-0.4, -0.2) is 19.0 Å². The lowest BCUT2D eigenvalue weighted by atomic mass is 10.1. The summed E-state index contributed by atoms with van der Waals surface area (Å²) in [5.41, 5.74) is 1.19. The van der Waals surface area contributed by atoms with E-state index in [1.54, 1.807) is 42.5 Å². The van der Waals surface area contributed by atoms with Crippen LogP contribution in [0.2, 0.25) is 5.02 Å². The molecular weight excluding hydrogens is 278 g/mol. The predicted molar refractivity (Wildman–Crippen MR) is 77.2 cm³/mol. The van der Waals surface area contributed by atoms with Crippen molar-refractivity contribution in [3.63, 3.8) is 0 Å². The van der Waals surface area contributed by atoms with Crippen molar-refractivity contribution in [1.82, 2.24) is 0 Å². The Kier molecular flexibility index (Phi) is 4.38. The third-order valence-electron chi connectivity index (χ3n) is 2.67. The first-order chi connectivity index (χ1) is 9.61. The number of para-hydroxylation sites is 1. The van der Waals surface area contributed by atoms with Crippen molar-refractivity contribution in [2.75, 3.05) is 12.4 Å². The number of esters is 1. The fourth-order valence-electron chi connectivity index (χ4n) is 1.66. The molecule has 102 valence electrons. The van der Waals surface area contributed by atoms with Crippen LogP contribution in [0.25, 0.3) is 0 Å². The molecule has 0 unspecified atom stereocenters. The highest BCUT2D eigenvalue weighted by Crippen LogP contribution is 2.21. The molecule has 5 heteroatoms. The number of ether oxygens (including phenoxy) is 1. The number of carbonyl (C=O) groups is 2. The van der Waals surface area contributed by atoms with Crippen LogP contribution >= 0.6 is 11.6 Å². The van der Waals surface area contributed by atoms with Crippen molar-refractivity contribution in [1.29, 1.82) is 0 Å². The van der Waals surface area contributed by atoms with Gasteiger partial charge in [0.2, 0.25) is 0 Å². The van der Waals surface area contributed by atoms with Crippen molar-refractivity contribution in [3.05, 3.63) is 64.7 Å². The van der Waals surface area contributed by atoms with Crippen molar-refractivity contribution in [2.45, 2.75) is 0 Å². The normalized spacial score (nSPS) is 9.90. The van der Waals surface area contributed by atoms with E-state index in [1.165, 1.54) is 13.2 Å². The second-order valence-corrected chi connectivity index (χ2v) is 4.41. The molecular formula is C15H12ClNO3. The summed E-state index contributed by atoms with van der Waals surface area (Å²) in [5, 5.41) is 3.14. The summed E-state index contributed by atoms with van der Waals surface area (Å²) >= 11 is 5.97. The monoisotopic (exact) mass is 289 g/mol. The third-order valence-corrected chi connectivity index (χ3v) is 3.00. The molecule has 1 amide bonds. The van der Waals surface area contributed by atoms with Crippen molar-refractivity contribution >= 4 is 29.2 Å². The number of methoxy groups -OCH3 is 1. The van der Waals surface area contributed by atoms with E-state index in [0.29, 0.717) is 21.8 Å². The zero-order valence-corrected chi connectivity index (χ0v) is 11.5. The van der Waals surface area contributed by atoms with Gasteiger partial charge in [-0.3, -0.25) is 4.79 Å². The molecule has 4 nitrogen and oxygen atoms in total. The molecule has 0 saturated heterocycles. The average Bonchev–Trinajstić information content (AvgIpc) is 2.49. The second-order valence-electron chi connectivity index (χ2n) is 4.01. The van der Waals surface area contributed by atoms with E-state index >= 15 is 0 Å². The molecule has 2 aromatic carbocycles. The third kappa shape index (κ3) is 3.16. The Bertz CT molecular complexity index is 655. The molecule has 0 atom stereocenters. The standard InChI is InChI=1S/C15H12ClNO3/c1-20-15(19)11-6-4-5-10(9-11)14(18)17-13-8-3-2-7-12(13)16/h2-9H,1H3,(H,17,18). The molecule has 0 heterocycles. The van der Waals surface area contributed by atoms with Crippen molar-refractivity contribution in [3.8, 4) is 0 Å². The summed E-state index contributed by atoms with van der Waals surface area (Å²) in [4.78, 5) is 23.5. The Morgan fingerprint density at radius 2 is 1.75 bits per heavy atom. The molecule has 0 saturated carbocycles. The molecule has 0 aromatic heterocycles. The van der Waals surface area contributed by atoms with Crippen LogP contribution in [0.15, 0.2) is 48.5 Å². The molecule has 0 aliphatic rings. The Balaban J connectivity index is 2.22. The predicted octanol–water partition coefficient (Wildman–Crippen LogP) is 3.38. The highest BCUT2D eigenvalue weighted by molar-refractivity contribution is 6.33. The van der Waals surface area contributed by atoms with Crippen LogP contribution in [0, 0.1) is 0 Å². The van der Waals surface area contributed by atoms with E-state index in [-0.39, 0.29) is 5.91 Å². The maximum Gasteiger partial charge on any atom is 0.337 e. The quantitative estimate of drug-likeness (QED) is 0.881. The topological polar surface area (TPSA) is 55.4 Å². The molecule has 1 N–H and O–H groups in total. The minimum absolute atomic E-state index is 0.319. The average molecular weight is 290 g/mol. The zero-order chi connectivity index (χ0) is 14.5. The van der Waals surface area contributed by atoms with E-state index in [2.05, 4.69) is 10.1 Å². The smallest absolute Gasteiger partial charge is 0.337 e. The molecule has 0 bridgehead atoms. The van der Waals surface area contributed by atoms with Gasteiger partial charge in [0.25, 0.3) is 5.91 Å². The molecule has 0 spiro atoms. The largest absolute Gasteiger partial charge is 0.465 e. The fourth-order valence-corrected chi connectivity index (χ4v) is 1.85. The fraction of sp³-hybridized carbons (Fsp3) is 0.0667. The van der Waals surface area contributed by atoms with Gasteiger partial charge in [0.1, 0.15) is 0 Å². The summed E-state index contributed by atoms with van der Waals surface area (Å²) in [6.45, 7) is 0. The first kappa shape index (κ1) is 14.1. The lowest BCUT2D eigenvalue weighted by molar-refractivity contribution is 0.0600. The van der Waals surface area contributed by atoms with E-state index in [1.807, 2.05) is 0 Å². The van der Waals surface area contributed by atoms with Gasteiger partial charge in [-0.2, -0.15) is 0 Å². The minimum atomic E-state index is -0.489. The molecule has 2 aromatic rings. The number of hydrogen-bond donors (Lipinski definition) is 1. The highest BCUT2D eigenvalue weighted by Gasteiger charge is 2.11. The van der Waals surface area contributed by atoms with Gasteiger partial charge in [0.15, 0.2) is 0 Å². The van der Waals surface area contributed by atoms with Gasteiger partial charge in [-0.05, 0) is 30.3 Å². The number of amides is 1. The Morgan fingerprint density at radius 3 is 2.45 bits per heavy atom. The van der Waals surface area contributed by atoms with Crippen LogP contribution in [0.5, 0.6) is 0 Å². The second kappa shape index (κ2) is 6.21. The van der Waals surface area contributed by atoms with Crippen LogP contribution in [0.4, 0.5) is 5.69 Å². The Labute approximate surface area is 121 Å². The summed E-state index contributed by atoms with van der Waals surface area (Å²) in [6.07, 6.45) is 0. The molecule has 0 radical (unpaired) electrons. The number of benzene rings is 2. The van der Waals surface area contributed by atoms with E-state index in [4.69, 9.17) is 11.6 Å². The summed E-state index contributed by atoms with van der Waals surface area (Å²) in [6, 6.07) is 13.2. The van der Waals surface area contributed by atoms with E-state index in [0.717, 1.165) is 0 Å². The number of carbonyl (C=O) groups excluding carboxylic acids is 2. The minimum Gasteiger partial charge on any atom is -0.465 e. The van der Waals surface area contributed by atoms with Crippen LogP contribution in [0.1, 0.15) is 20.7 Å². The van der Waals surface area contributed by atoms with Gasteiger partial charge in [-0.15, -0.1) is 0 Å². The van der Waals surface area contributed by atoms with Crippen LogP contribution in [0.3, 0.4) is 0 Å². The van der Waals surface area contributed by atoms with Gasteiger partial charge in [-0.25, -0.2) is 4.79 Å². The number of hydrogen-bond acceptors (Lipinski definition) is 3. The first-order valence-electron chi connectivity index (χ1n) is 5.86. The number of nitrogens with one attached hydrogen (secondary N) is 1. The van der Waals surface area contributed by atoms with Crippen molar-refractivity contribution < 1.29 is 14.3 Å². The molecule has 0 aliphatic carbocycles. The molecule has 0 aliphatic heterocycles. The van der Waals surface area contributed by atoms with E-state index in [9.17, 15) is 9.59 Å². The van der Waals surface area contributed by atoms with Gasteiger partial charge in [-0.1, -0.05) is 29.8 Å². The lowest BCUT2D eigenvalue weighted by Gasteiger charge is -2.07. The number of anilines is 1. The van der Waals surface area contributed by atoms with Crippen LogP contribution < -0.4 is 5.32 Å². The summed E-state index contributed by atoms with van der Waals surface area (Å²) < 4.78 is 4.62. The number of rotatable bonds is 3. The van der Waals surface area contributed by atoms with E-state index < -0.39 is 5.97 Å². The summed E-state index contributed by atoms with van der Waals surface area (Å²) in [5.74, 6) is -0.832. The SMILES string of the molecule is COC(=O)c1cccc(C(=O)Nc2ccccc2Cl)c1. The first-order valence-corrected chi connectivity index (χ1v) is 6.24. The van der Waals surface area contributed by atoms with Crippen LogP contribution in [-0.2, 0) is 4.74 Å². The maximum atomic E-state index is 12.1. The lowest BCUT2D eigenvalue weighted by Crippen LogP contribution is -2.13. The van der Waals surface area contributed by atoms with Gasteiger partial charge >= 0.3 is 5.97 Å². The summed E-state index contributed by atoms with van der Waals surface area (Å²) in [7, 11) is 1.29. The molecule has 2 rings (SSSR count). The maximum absolute atomic E-state index is 12.1. The Morgan fingerprint density at radius 1 is 1.05 bits per heavy atom. The van der Waals surface area contributed by atoms with Gasteiger partial charge < -0.3 is 10.1 Å². The Hall–Kier alpha value is -2.33. The zero-order valence-electron chi connectivity index (χ0n) is 10.7.